The Bertz CT molecular complexity index is 536. The van der Waals surface area contributed by atoms with Crippen molar-refractivity contribution in [3.8, 4) is 0 Å². The standard InChI is InChI=1S/C14H20F3N3O3/c1-5-10(21)20-7-6-19(12(23)14(15,16)17)8-9(20)11(22)18-13(2,3)4/h8H,5-7H2,1-4H3,(H,18,22). The molecule has 6 nitrogen and oxygen atoms in total. The number of amides is 3. The van der Waals surface area contributed by atoms with E-state index in [0.29, 0.717) is 4.90 Å². The Morgan fingerprint density at radius 2 is 1.74 bits per heavy atom. The van der Waals surface area contributed by atoms with Crippen LogP contribution in [0.5, 0.6) is 0 Å². The van der Waals surface area contributed by atoms with Gasteiger partial charge in [0.05, 0.1) is 0 Å². The minimum absolute atomic E-state index is 0.0906. The molecule has 0 saturated carbocycles. The van der Waals surface area contributed by atoms with E-state index in [1.807, 2.05) is 0 Å². The summed E-state index contributed by atoms with van der Waals surface area (Å²) in [5, 5.41) is 2.58. The predicted molar refractivity (Wildman–Crippen MR) is 75.8 cm³/mol. The van der Waals surface area contributed by atoms with E-state index in [4.69, 9.17) is 0 Å². The summed E-state index contributed by atoms with van der Waals surface area (Å²) >= 11 is 0. The third kappa shape index (κ3) is 4.97. The fraction of sp³-hybridized carbons (Fsp3) is 0.643. The summed E-state index contributed by atoms with van der Waals surface area (Å²) in [6.45, 7) is 6.17. The molecular formula is C14H20F3N3O3. The molecule has 0 fully saturated rings. The summed E-state index contributed by atoms with van der Waals surface area (Å²) in [5.41, 5.74) is -0.912. The van der Waals surface area contributed by atoms with Crippen molar-refractivity contribution in [2.24, 2.45) is 0 Å². The molecule has 0 bridgehead atoms. The summed E-state index contributed by atoms with van der Waals surface area (Å²) in [5.74, 6) is -3.18. The first kappa shape index (κ1) is 19.0. The van der Waals surface area contributed by atoms with Gasteiger partial charge in [-0.3, -0.25) is 14.4 Å². The number of halogens is 3. The van der Waals surface area contributed by atoms with Crippen LogP contribution in [0.3, 0.4) is 0 Å². The number of hydrogen-bond acceptors (Lipinski definition) is 3. The van der Waals surface area contributed by atoms with Gasteiger partial charge in [-0.25, -0.2) is 0 Å². The van der Waals surface area contributed by atoms with Crippen molar-refractivity contribution in [2.45, 2.75) is 45.8 Å². The Kier molecular flexibility index (Phi) is 5.44. The number of rotatable bonds is 2. The molecule has 0 aliphatic carbocycles. The van der Waals surface area contributed by atoms with Crippen molar-refractivity contribution in [2.75, 3.05) is 13.1 Å². The zero-order valence-electron chi connectivity index (χ0n) is 13.5. The Labute approximate surface area is 132 Å². The van der Waals surface area contributed by atoms with Gasteiger partial charge in [0.15, 0.2) is 0 Å². The Morgan fingerprint density at radius 3 is 2.17 bits per heavy atom. The number of carbonyl (C=O) groups is 3. The number of nitrogens with one attached hydrogen (secondary N) is 1. The van der Waals surface area contributed by atoms with Crippen molar-refractivity contribution in [1.29, 1.82) is 0 Å². The molecule has 0 unspecified atom stereocenters. The Balaban J connectivity index is 3.16. The Hall–Kier alpha value is -2.06. The maximum absolute atomic E-state index is 12.6. The van der Waals surface area contributed by atoms with E-state index in [2.05, 4.69) is 5.32 Å². The zero-order chi connectivity index (χ0) is 18.0. The fourth-order valence-corrected chi connectivity index (χ4v) is 1.97. The first-order valence-corrected chi connectivity index (χ1v) is 7.09. The molecule has 0 spiro atoms. The van der Waals surface area contributed by atoms with E-state index in [9.17, 15) is 27.6 Å². The lowest BCUT2D eigenvalue weighted by Gasteiger charge is -2.34. The van der Waals surface area contributed by atoms with Crippen LogP contribution in [0.4, 0.5) is 13.2 Å². The smallest absolute Gasteiger partial charge is 0.346 e. The van der Waals surface area contributed by atoms with Gasteiger partial charge in [-0.05, 0) is 20.8 Å². The monoisotopic (exact) mass is 335 g/mol. The van der Waals surface area contributed by atoms with E-state index in [1.54, 1.807) is 27.7 Å². The van der Waals surface area contributed by atoms with Gasteiger partial charge < -0.3 is 15.1 Å². The molecule has 0 radical (unpaired) electrons. The van der Waals surface area contributed by atoms with Gasteiger partial charge in [-0.15, -0.1) is 0 Å². The van der Waals surface area contributed by atoms with Crippen LogP contribution >= 0.6 is 0 Å². The van der Waals surface area contributed by atoms with Crippen molar-refractivity contribution in [3.05, 3.63) is 11.9 Å². The van der Waals surface area contributed by atoms with Crippen LogP contribution in [0.25, 0.3) is 0 Å². The second kappa shape index (κ2) is 6.59. The van der Waals surface area contributed by atoms with Gasteiger partial charge in [-0.2, -0.15) is 13.2 Å². The highest BCUT2D eigenvalue weighted by Crippen LogP contribution is 2.23. The zero-order valence-corrected chi connectivity index (χ0v) is 13.5. The molecule has 3 amide bonds. The van der Waals surface area contributed by atoms with E-state index >= 15 is 0 Å². The van der Waals surface area contributed by atoms with Crippen LogP contribution in [0, 0.1) is 0 Å². The molecule has 0 saturated heterocycles. The van der Waals surface area contributed by atoms with Crippen molar-refractivity contribution in [3.63, 3.8) is 0 Å². The average molecular weight is 335 g/mol. The third-order valence-corrected chi connectivity index (χ3v) is 2.96. The van der Waals surface area contributed by atoms with Gasteiger partial charge in [0, 0.05) is 31.2 Å². The quantitative estimate of drug-likeness (QED) is 0.829. The highest BCUT2D eigenvalue weighted by molar-refractivity contribution is 5.98. The van der Waals surface area contributed by atoms with E-state index in [-0.39, 0.29) is 25.2 Å². The molecule has 0 aromatic carbocycles. The molecule has 1 rings (SSSR count). The van der Waals surface area contributed by atoms with Crippen LogP contribution in [-0.4, -0.2) is 52.3 Å². The van der Waals surface area contributed by atoms with Crippen LogP contribution in [0.1, 0.15) is 34.1 Å². The van der Waals surface area contributed by atoms with Crippen LogP contribution < -0.4 is 5.32 Å². The van der Waals surface area contributed by atoms with E-state index < -0.39 is 29.4 Å². The first-order chi connectivity index (χ1) is 10.4. The minimum Gasteiger partial charge on any atom is -0.346 e. The van der Waals surface area contributed by atoms with Gasteiger partial charge in [-0.1, -0.05) is 6.92 Å². The van der Waals surface area contributed by atoms with Gasteiger partial charge in [0.25, 0.3) is 5.91 Å². The SMILES string of the molecule is CCC(=O)N1CCN(C(=O)C(F)(F)F)C=C1C(=O)NC(C)(C)C. The van der Waals surface area contributed by atoms with Crippen LogP contribution in [0.15, 0.2) is 11.9 Å². The summed E-state index contributed by atoms with van der Waals surface area (Å²) in [7, 11) is 0. The largest absolute Gasteiger partial charge is 0.471 e. The average Bonchev–Trinajstić information content (AvgIpc) is 2.42. The first-order valence-electron chi connectivity index (χ1n) is 7.09. The summed E-state index contributed by atoms with van der Waals surface area (Å²) in [6.07, 6.45) is -4.17. The summed E-state index contributed by atoms with van der Waals surface area (Å²) in [4.78, 5) is 37.0. The molecular weight excluding hydrogens is 315 g/mol. The normalized spacial score (nSPS) is 16.0. The molecule has 130 valence electrons. The lowest BCUT2D eigenvalue weighted by Crippen LogP contribution is -2.52. The third-order valence-electron chi connectivity index (χ3n) is 2.96. The maximum Gasteiger partial charge on any atom is 0.471 e. The fourth-order valence-electron chi connectivity index (χ4n) is 1.97. The molecule has 1 aliphatic heterocycles. The lowest BCUT2D eigenvalue weighted by molar-refractivity contribution is -0.183. The van der Waals surface area contributed by atoms with Gasteiger partial charge in [0.1, 0.15) is 5.70 Å². The number of alkyl halides is 3. The predicted octanol–water partition coefficient (Wildman–Crippen LogP) is 1.39. The van der Waals surface area contributed by atoms with Crippen molar-refractivity contribution < 1.29 is 27.6 Å². The summed E-state index contributed by atoms with van der Waals surface area (Å²) < 4.78 is 37.7. The second-order valence-electron chi connectivity index (χ2n) is 6.11. The lowest BCUT2D eigenvalue weighted by atomic mass is 10.1. The minimum atomic E-state index is -5.04. The topological polar surface area (TPSA) is 69.7 Å². The van der Waals surface area contributed by atoms with Crippen molar-refractivity contribution >= 4 is 17.7 Å². The van der Waals surface area contributed by atoms with E-state index in [0.717, 1.165) is 11.1 Å². The van der Waals surface area contributed by atoms with Gasteiger partial charge in [0.2, 0.25) is 5.91 Å². The molecule has 0 aromatic rings. The summed E-state index contributed by atoms with van der Waals surface area (Å²) in [6, 6.07) is 0. The van der Waals surface area contributed by atoms with Gasteiger partial charge >= 0.3 is 12.1 Å². The van der Waals surface area contributed by atoms with Crippen LogP contribution in [0.2, 0.25) is 0 Å². The molecule has 1 aliphatic rings. The number of nitrogens with zero attached hydrogens (tertiary/aromatic N) is 2. The number of hydrogen-bond donors (Lipinski definition) is 1. The molecule has 23 heavy (non-hydrogen) atoms. The molecule has 0 atom stereocenters. The number of carbonyl (C=O) groups excluding carboxylic acids is 3. The molecule has 1 N–H and O–H groups in total. The molecule has 0 aromatic heterocycles. The second-order valence-corrected chi connectivity index (χ2v) is 6.11. The highest BCUT2D eigenvalue weighted by Gasteiger charge is 2.44. The highest BCUT2D eigenvalue weighted by atomic mass is 19.4. The maximum atomic E-state index is 12.6. The van der Waals surface area contributed by atoms with E-state index in [1.165, 1.54) is 0 Å². The molecule has 1 heterocycles. The van der Waals surface area contributed by atoms with Crippen molar-refractivity contribution in [1.82, 2.24) is 15.1 Å². The Morgan fingerprint density at radius 1 is 1.17 bits per heavy atom. The molecule has 9 heteroatoms. The van der Waals surface area contributed by atoms with Crippen LogP contribution in [-0.2, 0) is 14.4 Å².